The number of carbonyl (C=O) groups excluding carboxylic acids is 2. The van der Waals surface area contributed by atoms with E-state index in [1.807, 2.05) is 41.0 Å². The lowest BCUT2D eigenvalue weighted by molar-refractivity contribution is -0.136. The molecule has 2 amide bonds. The first-order valence-corrected chi connectivity index (χ1v) is 9.00. The van der Waals surface area contributed by atoms with Crippen molar-refractivity contribution in [3.8, 4) is 5.75 Å². The van der Waals surface area contributed by atoms with Crippen LogP contribution in [0.5, 0.6) is 5.75 Å². The van der Waals surface area contributed by atoms with Crippen molar-refractivity contribution < 1.29 is 14.3 Å². The topological polar surface area (TPSA) is 49.9 Å². The van der Waals surface area contributed by atoms with Crippen molar-refractivity contribution in [3.05, 3.63) is 29.8 Å². The minimum absolute atomic E-state index is 0.00739. The Morgan fingerprint density at radius 1 is 1.04 bits per heavy atom. The number of carbonyl (C=O) groups is 2. The van der Waals surface area contributed by atoms with Gasteiger partial charge in [-0.1, -0.05) is 25.0 Å². The molecule has 3 rings (SSSR count). The number of nitrogens with zero attached hydrogens (tertiary/aromatic N) is 2. The van der Waals surface area contributed by atoms with E-state index in [2.05, 4.69) is 0 Å². The zero-order valence-electron chi connectivity index (χ0n) is 14.4. The quantitative estimate of drug-likeness (QED) is 0.852. The normalized spacial score (nSPS) is 18.7. The number of piperazine rings is 1. The summed E-state index contributed by atoms with van der Waals surface area (Å²) in [5.41, 5.74) is 0.606. The molecule has 0 unspecified atom stereocenters. The third-order valence-electron chi connectivity index (χ3n) is 5.00. The van der Waals surface area contributed by atoms with E-state index < -0.39 is 0 Å². The number of amides is 2. The molecule has 0 spiro atoms. The van der Waals surface area contributed by atoms with Gasteiger partial charge in [0, 0.05) is 32.1 Å². The number of para-hydroxylation sites is 1. The number of ether oxygens (including phenoxy) is 1. The molecular weight excluding hydrogens is 304 g/mol. The molecule has 0 bridgehead atoms. The molecular formula is C19H26N2O3. The third-order valence-corrected chi connectivity index (χ3v) is 5.00. The first kappa shape index (κ1) is 16.8. The highest BCUT2D eigenvalue weighted by molar-refractivity contribution is 5.97. The molecule has 24 heavy (non-hydrogen) atoms. The highest BCUT2D eigenvalue weighted by Crippen LogP contribution is 2.27. The van der Waals surface area contributed by atoms with Crippen molar-refractivity contribution in [3.63, 3.8) is 0 Å². The van der Waals surface area contributed by atoms with E-state index in [1.54, 1.807) is 0 Å². The Hall–Kier alpha value is -2.04. The average Bonchev–Trinajstić information content (AvgIpc) is 3.16. The van der Waals surface area contributed by atoms with Crippen LogP contribution in [0, 0.1) is 5.92 Å². The predicted molar refractivity (Wildman–Crippen MR) is 92.1 cm³/mol. The minimum atomic E-state index is -0.00739. The van der Waals surface area contributed by atoms with Crippen LogP contribution in [0.2, 0.25) is 0 Å². The summed E-state index contributed by atoms with van der Waals surface area (Å²) in [5, 5.41) is 0. The van der Waals surface area contributed by atoms with Gasteiger partial charge in [-0.05, 0) is 31.9 Å². The highest BCUT2D eigenvalue weighted by Gasteiger charge is 2.31. The van der Waals surface area contributed by atoms with E-state index in [9.17, 15) is 9.59 Å². The first-order valence-electron chi connectivity index (χ1n) is 9.00. The second-order valence-corrected chi connectivity index (χ2v) is 6.53. The van der Waals surface area contributed by atoms with Crippen LogP contribution < -0.4 is 4.74 Å². The lowest BCUT2D eigenvalue weighted by Crippen LogP contribution is -2.51. The third kappa shape index (κ3) is 3.55. The van der Waals surface area contributed by atoms with E-state index >= 15 is 0 Å². The molecule has 130 valence electrons. The molecule has 1 aliphatic heterocycles. The highest BCUT2D eigenvalue weighted by atomic mass is 16.5. The van der Waals surface area contributed by atoms with Crippen LogP contribution in [0.25, 0.3) is 0 Å². The van der Waals surface area contributed by atoms with E-state index in [4.69, 9.17) is 4.74 Å². The number of hydrogen-bond donors (Lipinski definition) is 0. The number of rotatable bonds is 4. The minimum Gasteiger partial charge on any atom is -0.493 e. The fraction of sp³-hybridized carbons (Fsp3) is 0.579. The van der Waals surface area contributed by atoms with Crippen molar-refractivity contribution in [1.82, 2.24) is 9.80 Å². The maximum atomic E-state index is 12.8. The first-order chi connectivity index (χ1) is 11.7. The van der Waals surface area contributed by atoms with Gasteiger partial charge in [0.25, 0.3) is 5.91 Å². The SMILES string of the molecule is CCOc1ccccc1C(=O)N1CCN(C(=O)C2CCCC2)CC1. The molecule has 0 atom stereocenters. The van der Waals surface area contributed by atoms with Crippen molar-refractivity contribution >= 4 is 11.8 Å². The lowest BCUT2D eigenvalue weighted by atomic mass is 10.1. The second-order valence-electron chi connectivity index (χ2n) is 6.53. The zero-order chi connectivity index (χ0) is 16.9. The van der Waals surface area contributed by atoms with Crippen LogP contribution in [0.1, 0.15) is 43.0 Å². The summed E-state index contributed by atoms with van der Waals surface area (Å²) in [5.74, 6) is 1.13. The van der Waals surface area contributed by atoms with Crippen LogP contribution in [0.4, 0.5) is 0 Å². The van der Waals surface area contributed by atoms with Gasteiger partial charge in [-0.25, -0.2) is 0 Å². The van der Waals surface area contributed by atoms with E-state index in [-0.39, 0.29) is 17.7 Å². The summed E-state index contributed by atoms with van der Waals surface area (Å²) >= 11 is 0. The Morgan fingerprint density at radius 3 is 2.33 bits per heavy atom. The van der Waals surface area contributed by atoms with Crippen LogP contribution in [-0.4, -0.2) is 54.4 Å². The number of benzene rings is 1. The van der Waals surface area contributed by atoms with Gasteiger partial charge in [-0.15, -0.1) is 0 Å². The molecule has 1 aromatic carbocycles. The Labute approximate surface area is 143 Å². The smallest absolute Gasteiger partial charge is 0.257 e. The Balaban J connectivity index is 1.60. The summed E-state index contributed by atoms with van der Waals surface area (Å²) in [6.45, 7) is 4.91. The van der Waals surface area contributed by atoms with Gasteiger partial charge >= 0.3 is 0 Å². The van der Waals surface area contributed by atoms with Crippen molar-refractivity contribution in [2.45, 2.75) is 32.6 Å². The van der Waals surface area contributed by atoms with Gasteiger partial charge < -0.3 is 14.5 Å². The van der Waals surface area contributed by atoms with Crippen LogP contribution in [-0.2, 0) is 4.79 Å². The molecule has 0 aromatic heterocycles. The maximum absolute atomic E-state index is 12.8. The zero-order valence-corrected chi connectivity index (χ0v) is 14.4. The lowest BCUT2D eigenvalue weighted by Gasteiger charge is -2.36. The monoisotopic (exact) mass is 330 g/mol. The molecule has 1 saturated heterocycles. The van der Waals surface area contributed by atoms with Crippen molar-refractivity contribution in [2.75, 3.05) is 32.8 Å². The Bertz CT molecular complexity index is 588. The van der Waals surface area contributed by atoms with Crippen LogP contribution in [0.3, 0.4) is 0 Å². The van der Waals surface area contributed by atoms with Gasteiger partial charge in [0.2, 0.25) is 5.91 Å². The molecule has 1 heterocycles. The van der Waals surface area contributed by atoms with E-state index in [0.29, 0.717) is 44.1 Å². The number of hydrogen-bond acceptors (Lipinski definition) is 3. The van der Waals surface area contributed by atoms with E-state index in [1.165, 1.54) is 12.8 Å². The van der Waals surface area contributed by atoms with Crippen LogP contribution >= 0.6 is 0 Å². The Kier molecular flexibility index (Phi) is 5.38. The standard InChI is InChI=1S/C19H26N2O3/c1-2-24-17-10-6-5-9-16(17)19(23)21-13-11-20(12-14-21)18(22)15-7-3-4-8-15/h5-6,9-10,15H,2-4,7-8,11-14H2,1H3. The largest absolute Gasteiger partial charge is 0.493 e. The molecule has 0 radical (unpaired) electrons. The summed E-state index contributed by atoms with van der Waals surface area (Å²) in [6.07, 6.45) is 4.39. The molecule has 1 saturated carbocycles. The van der Waals surface area contributed by atoms with E-state index in [0.717, 1.165) is 12.8 Å². The van der Waals surface area contributed by atoms with Crippen LogP contribution in [0.15, 0.2) is 24.3 Å². The summed E-state index contributed by atoms with van der Waals surface area (Å²) in [7, 11) is 0. The van der Waals surface area contributed by atoms with Gasteiger partial charge in [0.15, 0.2) is 0 Å². The summed E-state index contributed by atoms with van der Waals surface area (Å²) < 4.78 is 5.56. The summed E-state index contributed by atoms with van der Waals surface area (Å²) in [4.78, 5) is 29.0. The maximum Gasteiger partial charge on any atom is 0.257 e. The average molecular weight is 330 g/mol. The second kappa shape index (κ2) is 7.69. The molecule has 1 aliphatic carbocycles. The molecule has 2 aliphatic rings. The molecule has 2 fully saturated rings. The Morgan fingerprint density at radius 2 is 1.67 bits per heavy atom. The summed E-state index contributed by atoms with van der Waals surface area (Å²) in [6, 6.07) is 7.37. The molecule has 5 heteroatoms. The van der Waals surface area contributed by atoms with Crippen molar-refractivity contribution in [2.24, 2.45) is 5.92 Å². The molecule has 1 aromatic rings. The van der Waals surface area contributed by atoms with Gasteiger partial charge in [-0.2, -0.15) is 0 Å². The van der Waals surface area contributed by atoms with Crippen molar-refractivity contribution in [1.29, 1.82) is 0 Å². The van der Waals surface area contributed by atoms with Gasteiger partial charge in [-0.3, -0.25) is 9.59 Å². The predicted octanol–water partition coefficient (Wildman–Crippen LogP) is 2.56. The van der Waals surface area contributed by atoms with Gasteiger partial charge in [0.05, 0.1) is 12.2 Å². The molecule has 5 nitrogen and oxygen atoms in total. The molecule has 0 N–H and O–H groups in total. The van der Waals surface area contributed by atoms with Gasteiger partial charge in [0.1, 0.15) is 5.75 Å². The fourth-order valence-corrected chi connectivity index (χ4v) is 3.66. The fourth-order valence-electron chi connectivity index (χ4n) is 3.66.